The number of carbonyl (C=O) groups excluding carboxylic acids is 1. The molecule has 0 radical (unpaired) electrons. The number of carbonyl (C=O) groups is 1. The second kappa shape index (κ2) is 7.23. The summed E-state index contributed by atoms with van der Waals surface area (Å²) in [6, 6.07) is 4.42. The Bertz CT molecular complexity index is 1040. The molecule has 4 heterocycles. The van der Waals surface area contributed by atoms with Crippen LogP contribution >= 0.6 is 0 Å². The maximum atomic E-state index is 12.4. The molecule has 4 unspecified atom stereocenters. The largest absolute Gasteiger partial charge is 0.497 e. The van der Waals surface area contributed by atoms with Gasteiger partial charge in [0.15, 0.2) is 11.5 Å². The molecule has 2 aromatic rings. The van der Waals surface area contributed by atoms with Gasteiger partial charge in [0.05, 0.1) is 63.4 Å². The van der Waals surface area contributed by atoms with E-state index in [1.54, 1.807) is 25.4 Å². The van der Waals surface area contributed by atoms with Gasteiger partial charge in [0.2, 0.25) is 0 Å². The van der Waals surface area contributed by atoms with Crippen molar-refractivity contribution >= 4 is 16.9 Å². The van der Waals surface area contributed by atoms with Gasteiger partial charge in [-0.1, -0.05) is 0 Å². The van der Waals surface area contributed by atoms with Crippen LogP contribution in [0.3, 0.4) is 0 Å². The van der Waals surface area contributed by atoms with E-state index in [0.29, 0.717) is 17.5 Å². The predicted octanol–water partition coefficient (Wildman–Crippen LogP) is 2.52. The van der Waals surface area contributed by atoms with Gasteiger partial charge < -0.3 is 28.8 Å². The highest BCUT2D eigenvalue weighted by molar-refractivity contribution is 5.89. The van der Waals surface area contributed by atoms with Crippen LogP contribution < -0.4 is 14.4 Å². The first-order chi connectivity index (χ1) is 14.5. The lowest BCUT2D eigenvalue weighted by molar-refractivity contribution is -0.944. The summed E-state index contributed by atoms with van der Waals surface area (Å²) >= 11 is 0. The van der Waals surface area contributed by atoms with Crippen molar-refractivity contribution in [1.29, 1.82) is 0 Å². The van der Waals surface area contributed by atoms with Crippen LogP contribution in [0.1, 0.15) is 34.9 Å². The molecular weight excluding hydrogens is 384 g/mol. The summed E-state index contributed by atoms with van der Waals surface area (Å²) < 4.78 is 21.9. The Kier molecular flexibility index (Phi) is 4.65. The highest BCUT2D eigenvalue weighted by atomic mass is 16.5. The molecule has 7 heteroatoms. The van der Waals surface area contributed by atoms with Crippen molar-refractivity contribution in [1.82, 2.24) is 4.98 Å². The molecule has 7 nitrogen and oxygen atoms in total. The van der Waals surface area contributed by atoms with Crippen LogP contribution in [0.4, 0.5) is 0 Å². The molecule has 0 bridgehead atoms. The van der Waals surface area contributed by atoms with Crippen LogP contribution in [0, 0.1) is 11.8 Å². The number of hydrogen-bond donors (Lipinski definition) is 2. The second-order valence-corrected chi connectivity index (χ2v) is 8.60. The van der Waals surface area contributed by atoms with E-state index in [-0.39, 0.29) is 22.3 Å². The van der Waals surface area contributed by atoms with E-state index in [4.69, 9.17) is 18.9 Å². The number of ether oxygens (including phenoxy) is 4. The van der Waals surface area contributed by atoms with Crippen molar-refractivity contribution in [3.63, 3.8) is 0 Å². The number of hydrogen-bond acceptors (Lipinski definition) is 5. The van der Waals surface area contributed by atoms with Crippen molar-refractivity contribution < 1.29 is 32.9 Å². The fourth-order valence-electron chi connectivity index (χ4n) is 5.77. The lowest BCUT2D eigenvalue weighted by Gasteiger charge is -2.46. The zero-order valence-electron chi connectivity index (χ0n) is 17.9. The number of esters is 1. The maximum absolute atomic E-state index is 12.4. The Balaban J connectivity index is 0.00000128. The first kappa shape index (κ1) is 19.3. The molecule has 3 aliphatic heterocycles. The van der Waals surface area contributed by atoms with Crippen LogP contribution in [0.2, 0.25) is 0 Å². The van der Waals surface area contributed by atoms with Crippen molar-refractivity contribution in [3.05, 3.63) is 35.2 Å². The van der Waals surface area contributed by atoms with E-state index in [1.807, 2.05) is 6.07 Å². The molecular formula is C23H35N2O5+. The minimum Gasteiger partial charge on any atom is -0.497 e. The standard InChI is InChI=1S/C23H28N2O5.3H2/c1-12-16-10-25-6-5-13-15-8-20(27-2)21(28-3)9-18(15)24-22(13)19(25)7-14(16)17(11-30-12)23(26)29-4;;;/h8-9,11-12,14,16,19,24H,5-7,10H2,1-4H3;3*1H/p+1/t12-,14?,16?,19?;;;/m1.../s1. The quantitative estimate of drug-likeness (QED) is 0.748. The van der Waals surface area contributed by atoms with Gasteiger partial charge in [0, 0.05) is 34.5 Å². The number of benzene rings is 1. The summed E-state index contributed by atoms with van der Waals surface area (Å²) in [4.78, 5) is 17.7. The summed E-state index contributed by atoms with van der Waals surface area (Å²) in [5.74, 6) is 1.67. The number of quaternary nitrogens is 1. The Labute approximate surface area is 180 Å². The van der Waals surface area contributed by atoms with Crippen molar-refractivity contribution in [3.8, 4) is 11.5 Å². The zero-order valence-corrected chi connectivity index (χ0v) is 17.9. The molecule has 166 valence electrons. The molecule has 5 atom stereocenters. The molecule has 1 aromatic carbocycles. The van der Waals surface area contributed by atoms with Gasteiger partial charge in [-0.15, -0.1) is 0 Å². The van der Waals surface area contributed by atoms with E-state index in [2.05, 4.69) is 18.0 Å². The van der Waals surface area contributed by atoms with E-state index in [1.165, 1.54) is 23.8 Å². The van der Waals surface area contributed by atoms with E-state index in [0.717, 1.165) is 42.9 Å². The minimum absolute atomic E-state index is 0. The minimum atomic E-state index is -0.275. The number of fused-ring (bicyclic) bond motifs is 6. The number of nitrogens with one attached hydrogen (secondary N) is 2. The zero-order chi connectivity index (χ0) is 21.0. The number of methoxy groups -OCH3 is 3. The normalized spacial score (nSPS) is 29.7. The SMILES string of the molecule is COC(=O)C1=CO[C@H](C)C2C[NH+]3CCc4c([nH]c5cc(OC)c(OC)cc45)C3CC12.[HH].[HH].[HH]. The highest BCUT2D eigenvalue weighted by Gasteiger charge is 2.49. The third-order valence-corrected chi connectivity index (χ3v) is 7.32. The first-order valence-corrected chi connectivity index (χ1v) is 10.6. The summed E-state index contributed by atoms with van der Waals surface area (Å²) in [6.07, 6.45) is 3.66. The molecule has 3 aliphatic rings. The molecule has 0 spiro atoms. The van der Waals surface area contributed by atoms with E-state index >= 15 is 0 Å². The smallest absolute Gasteiger partial charge is 0.337 e. The molecule has 0 aliphatic carbocycles. The number of aromatic nitrogens is 1. The number of piperidine rings is 1. The first-order valence-electron chi connectivity index (χ1n) is 10.6. The Hall–Kier alpha value is -2.67. The third-order valence-electron chi connectivity index (χ3n) is 7.32. The van der Waals surface area contributed by atoms with E-state index < -0.39 is 0 Å². The Morgan fingerprint density at radius 3 is 2.73 bits per heavy atom. The van der Waals surface area contributed by atoms with Gasteiger partial charge >= 0.3 is 5.97 Å². The number of H-pyrrole nitrogens is 1. The van der Waals surface area contributed by atoms with Gasteiger partial charge in [0.1, 0.15) is 12.1 Å². The molecule has 1 aromatic heterocycles. The van der Waals surface area contributed by atoms with Gasteiger partial charge in [-0.2, -0.15) is 0 Å². The van der Waals surface area contributed by atoms with Crippen LogP contribution in [0.15, 0.2) is 24.0 Å². The molecule has 30 heavy (non-hydrogen) atoms. The van der Waals surface area contributed by atoms with Crippen LogP contribution in [-0.4, -0.2) is 51.5 Å². The lowest BCUT2D eigenvalue weighted by atomic mass is 9.72. The molecule has 0 saturated carbocycles. The molecule has 0 amide bonds. The van der Waals surface area contributed by atoms with E-state index in [9.17, 15) is 4.79 Å². The van der Waals surface area contributed by atoms with Crippen LogP contribution in [-0.2, 0) is 20.7 Å². The van der Waals surface area contributed by atoms with Gasteiger partial charge in [-0.05, 0) is 18.6 Å². The summed E-state index contributed by atoms with van der Waals surface area (Å²) in [5, 5.41) is 1.20. The number of rotatable bonds is 3. The highest BCUT2D eigenvalue weighted by Crippen LogP contribution is 2.42. The summed E-state index contributed by atoms with van der Waals surface area (Å²) in [7, 11) is 4.77. The Morgan fingerprint density at radius 2 is 2.00 bits per heavy atom. The average Bonchev–Trinajstić information content (AvgIpc) is 3.14. The molecule has 2 N–H and O–H groups in total. The fraction of sp³-hybridized carbons (Fsp3) is 0.522. The monoisotopic (exact) mass is 419 g/mol. The van der Waals surface area contributed by atoms with Crippen LogP contribution in [0.25, 0.3) is 10.9 Å². The third kappa shape index (κ3) is 2.79. The Morgan fingerprint density at radius 1 is 1.23 bits per heavy atom. The van der Waals surface area contributed by atoms with Crippen molar-refractivity contribution in [2.45, 2.75) is 31.9 Å². The fourth-order valence-corrected chi connectivity index (χ4v) is 5.77. The second-order valence-electron chi connectivity index (χ2n) is 8.60. The topological polar surface area (TPSA) is 74.2 Å². The maximum Gasteiger partial charge on any atom is 0.337 e. The van der Waals surface area contributed by atoms with Gasteiger partial charge in [-0.25, -0.2) is 4.79 Å². The molecule has 1 fully saturated rings. The summed E-state index contributed by atoms with van der Waals surface area (Å²) in [6.45, 7) is 4.18. The molecule has 1 saturated heterocycles. The van der Waals surface area contributed by atoms with Crippen molar-refractivity contribution in [2.75, 3.05) is 34.4 Å². The predicted molar refractivity (Wildman–Crippen MR) is 117 cm³/mol. The summed E-state index contributed by atoms with van der Waals surface area (Å²) in [5.41, 5.74) is 4.39. The van der Waals surface area contributed by atoms with Gasteiger partial charge in [0.25, 0.3) is 0 Å². The lowest BCUT2D eigenvalue weighted by Crippen LogP contribution is -3.15. The van der Waals surface area contributed by atoms with Crippen LogP contribution in [0.5, 0.6) is 11.5 Å². The number of aromatic amines is 1. The van der Waals surface area contributed by atoms with Gasteiger partial charge in [-0.3, -0.25) is 0 Å². The van der Waals surface area contributed by atoms with Crippen molar-refractivity contribution in [2.24, 2.45) is 11.8 Å². The molecule has 5 rings (SSSR count). The average molecular weight is 420 g/mol.